The molecule has 1 aromatic heterocycles. The standard InChI is InChI=1S/C16H21NO2/c1-17(2)15(16(11-18)8-5-9-16)13-10-19-14-7-4-3-6-12(13)14/h3-4,6-7,10,15,18H,5,8-9,11H2,1-2H3. The molecule has 1 heterocycles. The number of nitrogens with zero attached hydrogens (tertiary/aromatic N) is 1. The molecule has 1 atom stereocenters. The Morgan fingerprint density at radius 3 is 2.63 bits per heavy atom. The van der Waals surface area contributed by atoms with Crippen LogP contribution < -0.4 is 0 Å². The van der Waals surface area contributed by atoms with Crippen molar-refractivity contribution in [2.24, 2.45) is 5.41 Å². The highest BCUT2D eigenvalue weighted by Crippen LogP contribution is 2.53. The van der Waals surface area contributed by atoms with Crippen molar-refractivity contribution in [2.45, 2.75) is 25.3 Å². The van der Waals surface area contributed by atoms with Gasteiger partial charge in [0.1, 0.15) is 5.58 Å². The Hall–Kier alpha value is -1.32. The molecule has 19 heavy (non-hydrogen) atoms. The summed E-state index contributed by atoms with van der Waals surface area (Å²) in [6.07, 6.45) is 5.25. The molecule has 0 bridgehead atoms. The molecule has 1 aliphatic rings. The number of fused-ring (bicyclic) bond motifs is 1. The van der Waals surface area contributed by atoms with Crippen LogP contribution in [0, 0.1) is 5.41 Å². The lowest BCUT2D eigenvalue weighted by molar-refractivity contribution is -0.0305. The first kappa shape index (κ1) is 12.7. The van der Waals surface area contributed by atoms with Gasteiger partial charge in [-0.15, -0.1) is 0 Å². The maximum atomic E-state index is 9.87. The molecule has 1 N–H and O–H groups in total. The molecule has 3 nitrogen and oxygen atoms in total. The van der Waals surface area contributed by atoms with Gasteiger partial charge in [0.15, 0.2) is 0 Å². The highest BCUT2D eigenvalue weighted by molar-refractivity contribution is 5.81. The van der Waals surface area contributed by atoms with E-state index in [0.29, 0.717) is 0 Å². The lowest BCUT2D eigenvalue weighted by atomic mass is 9.62. The topological polar surface area (TPSA) is 36.6 Å². The molecule has 1 aromatic carbocycles. The minimum atomic E-state index is -0.00382. The van der Waals surface area contributed by atoms with Gasteiger partial charge in [-0.05, 0) is 33.0 Å². The van der Waals surface area contributed by atoms with Crippen LogP contribution in [0.3, 0.4) is 0 Å². The van der Waals surface area contributed by atoms with Crippen LogP contribution in [0.15, 0.2) is 34.9 Å². The maximum absolute atomic E-state index is 9.87. The van der Waals surface area contributed by atoms with E-state index in [0.717, 1.165) is 18.4 Å². The Balaban J connectivity index is 2.10. The lowest BCUT2D eigenvalue weighted by Crippen LogP contribution is -2.45. The molecule has 0 aliphatic heterocycles. The minimum absolute atomic E-state index is 0.00382. The maximum Gasteiger partial charge on any atom is 0.134 e. The van der Waals surface area contributed by atoms with Gasteiger partial charge in [-0.1, -0.05) is 24.6 Å². The number of para-hydroxylation sites is 1. The third kappa shape index (κ3) is 1.88. The van der Waals surface area contributed by atoms with Crippen LogP contribution in [0.4, 0.5) is 0 Å². The normalized spacial score (nSPS) is 19.6. The Bertz CT molecular complexity index is 563. The molecule has 0 spiro atoms. The van der Waals surface area contributed by atoms with Crippen molar-refractivity contribution in [3.63, 3.8) is 0 Å². The zero-order valence-electron chi connectivity index (χ0n) is 11.6. The molecule has 1 fully saturated rings. The quantitative estimate of drug-likeness (QED) is 0.916. The van der Waals surface area contributed by atoms with E-state index in [9.17, 15) is 5.11 Å². The summed E-state index contributed by atoms with van der Waals surface area (Å²) in [5.41, 5.74) is 2.13. The second-order valence-corrected chi connectivity index (χ2v) is 5.93. The molecule has 0 radical (unpaired) electrons. The molecular weight excluding hydrogens is 238 g/mol. The van der Waals surface area contributed by atoms with Gasteiger partial charge >= 0.3 is 0 Å². The van der Waals surface area contributed by atoms with Crippen LogP contribution in [-0.2, 0) is 0 Å². The summed E-state index contributed by atoms with van der Waals surface area (Å²) in [4.78, 5) is 2.21. The highest BCUT2D eigenvalue weighted by atomic mass is 16.3. The lowest BCUT2D eigenvalue weighted by Gasteiger charge is -2.49. The molecule has 2 aromatic rings. The van der Waals surface area contributed by atoms with Gasteiger partial charge in [0.25, 0.3) is 0 Å². The molecule has 0 amide bonds. The monoisotopic (exact) mass is 259 g/mol. The van der Waals surface area contributed by atoms with Crippen molar-refractivity contribution in [2.75, 3.05) is 20.7 Å². The van der Waals surface area contributed by atoms with E-state index in [1.54, 1.807) is 0 Å². The number of furan rings is 1. The van der Waals surface area contributed by atoms with Gasteiger partial charge in [0, 0.05) is 22.4 Å². The van der Waals surface area contributed by atoms with Crippen LogP contribution in [0.25, 0.3) is 11.0 Å². The first-order valence-electron chi connectivity index (χ1n) is 6.91. The summed E-state index contributed by atoms with van der Waals surface area (Å²) in [5.74, 6) is 0. The molecule has 3 heteroatoms. The summed E-state index contributed by atoms with van der Waals surface area (Å²) in [5, 5.41) is 11.0. The molecule has 3 rings (SSSR count). The molecule has 1 aliphatic carbocycles. The van der Waals surface area contributed by atoms with Crippen LogP contribution >= 0.6 is 0 Å². The minimum Gasteiger partial charge on any atom is -0.464 e. The first-order chi connectivity index (χ1) is 9.18. The predicted octanol–water partition coefficient (Wildman–Crippen LogP) is 3.20. The van der Waals surface area contributed by atoms with Gasteiger partial charge in [-0.3, -0.25) is 0 Å². The largest absolute Gasteiger partial charge is 0.464 e. The SMILES string of the molecule is CN(C)C(c1coc2ccccc12)C1(CO)CCC1. The number of rotatable bonds is 4. The fourth-order valence-electron chi connectivity index (χ4n) is 3.51. The predicted molar refractivity (Wildman–Crippen MR) is 76.0 cm³/mol. The molecule has 0 saturated heterocycles. The second-order valence-electron chi connectivity index (χ2n) is 5.93. The van der Waals surface area contributed by atoms with Crippen molar-refractivity contribution >= 4 is 11.0 Å². The van der Waals surface area contributed by atoms with E-state index in [4.69, 9.17) is 4.42 Å². The first-order valence-corrected chi connectivity index (χ1v) is 6.91. The Labute approximate surface area is 113 Å². The van der Waals surface area contributed by atoms with Crippen LogP contribution in [-0.4, -0.2) is 30.7 Å². The third-order valence-corrected chi connectivity index (χ3v) is 4.57. The van der Waals surface area contributed by atoms with Crippen LogP contribution in [0.2, 0.25) is 0 Å². The highest BCUT2D eigenvalue weighted by Gasteiger charge is 2.46. The van der Waals surface area contributed by atoms with Gasteiger partial charge < -0.3 is 14.4 Å². The van der Waals surface area contributed by atoms with Crippen molar-refractivity contribution in [1.29, 1.82) is 0 Å². The summed E-state index contributed by atoms with van der Waals surface area (Å²) in [7, 11) is 4.17. The van der Waals surface area contributed by atoms with E-state index in [1.807, 2.05) is 24.5 Å². The van der Waals surface area contributed by atoms with Crippen molar-refractivity contribution in [3.8, 4) is 0 Å². The van der Waals surface area contributed by atoms with Crippen LogP contribution in [0.1, 0.15) is 30.9 Å². The number of benzene rings is 1. The average Bonchev–Trinajstić information content (AvgIpc) is 2.77. The molecule has 1 unspecified atom stereocenters. The fourth-order valence-corrected chi connectivity index (χ4v) is 3.51. The van der Waals surface area contributed by atoms with E-state index in [2.05, 4.69) is 25.1 Å². The van der Waals surface area contributed by atoms with Crippen molar-refractivity contribution in [3.05, 3.63) is 36.1 Å². The van der Waals surface area contributed by atoms with E-state index < -0.39 is 0 Å². The van der Waals surface area contributed by atoms with Crippen LogP contribution in [0.5, 0.6) is 0 Å². The zero-order chi connectivity index (χ0) is 13.5. The summed E-state index contributed by atoms with van der Waals surface area (Å²) >= 11 is 0. The molecular formula is C16H21NO2. The Morgan fingerprint density at radius 1 is 1.32 bits per heavy atom. The number of aliphatic hydroxyl groups is 1. The number of hydrogen-bond acceptors (Lipinski definition) is 3. The van der Waals surface area contributed by atoms with E-state index in [-0.39, 0.29) is 18.1 Å². The van der Waals surface area contributed by atoms with Crippen molar-refractivity contribution < 1.29 is 9.52 Å². The summed E-state index contributed by atoms with van der Waals surface area (Å²) in [6.45, 7) is 0.245. The second kappa shape index (κ2) is 4.66. The van der Waals surface area contributed by atoms with Gasteiger partial charge in [-0.25, -0.2) is 0 Å². The van der Waals surface area contributed by atoms with Gasteiger partial charge in [0.2, 0.25) is 0 Å². The Kier molecular flexibility index (Phi) is 3.11. The van der Waals surface area contributed by atoms with E-state index in [1.165, 1.54) is 17.4 Å². The summed E-state index contributed by atoms with van der Waals surface area (Å²) in [6, 6.07) is 8.35. The average molecular weight is 259 g/mol. The van der Waals surface area contributed by atoms with Gasteiger partial charge in [-0.2, -0.15) is 0 Å². The zero-order valence-corrected chi connectivity index (χ0v) is 11.6. The fraction of sp³-hybridized carbons (Fsp3) is 0.500. The van der Waals surface area contributed by atoms with Gasteiger partial charge in [0.05, 0.1) is 12.9 Å². The van der Waals surface area contributed by atoms with Crippen molar-refractivity contribution in [1.82, 2.24) is 4.90 Å². The number of hydrogen-bond donors (Lipinski definition) is 1. The Morgan fingerprint density at radius 2 is 2.05 bits per heavy atom. The third-order valence-electron chi connectivity index (χ3n) is 4.57. The summed E-state index contributed by atoms with van der Waals surface area (Å²) < 4.78 is 5.68. The number of aliphatic hydroxyl groups excluding tert-OH is 1. The van der Waals surface area contributed by atoms with E-state index >= 15 is 0 Å². The molecule has 102 valence electrons. The smallest absolute Gasteiger partial charge is 0.134 e. The molecule has 1 saturated carbocycles.